The number of amides is 1. The van der Waals surface area contributed by atoms with Crippen LogP contribution in [0.5, 0.6) is 0 Å². The molecular formula is C20H18Cl2N4O5S. The van der Waals surface area contributed by atoms with Gasteiger partial charge in [-0.25, -0.2) is 17.9 Å². The van der Waals surface area contributed by atoms with Crippen LogP contribution in [0.1, 0.15) is 29.3 Å². The second kappa shape index (κ2) is 9.73. The summed E-state index contributed by atoms with van der Waals surface area (Å²) in [5, 5.41) is 16.4. The van der Waals surface area contributed by atoms with Gasteiger partial charge < -0.3 is 10.1 Å². The maximum Gasteiger partial charge on any atom is 0.331 e. The number of ether oxygens (including phenoxy) is 1. The van der Waals surface area contributed by atoms with Crippen molar-refractivity contribution in [2.24, 2.45) is 0 Å². The summed E-state index contributed by atoms with van der Waals surface area (Å²) in [6.45, 7) is 1.11. The minimum Gasteiger partial charge on any atom is -0.452 e. The molecule has 1 aromatic carbocycles. The van der Waals surface area contributed by atoms with Crippen molar-refractivity contribution in [3.63, 3.8) is 0 Å². The van der Waals surface area contributed by atoms with Crippen molar-refractivity contribution >= 4 is 56.7 Å². The summed E-state index contributed by atoms with van der Waals surface area (Å²) in [5.41, 5.74) is 1.40. The Balaban J connectivity index is 1.60. The van der Waals surface area contributed by atoms with E-state index in [1.807, 2.05) is 6.07 Å². The van der Waals surface area contributed by atoms with Crippen LogP contribution in [0.25, 0.3) is 6.08 Å². The van der Waals surface area contributed by atoms with E-state index in [1.54, 1.807) is 6.92 Å². The number of sulfone groups is 1. The van der Waals surface area contributed by atoms with Gasteiger partial charge in [0, 0.05) is 16.7 Å². The lowest BCUT2D eigenvalue weighted by atomic mass is 10.2. The molecule has 0 saturated carbocycles. The summed E-state index contributed by atoms with van der Waals surface area (Å²) in [6.07, 6.45) is 2.91. The van der Waals surface area contributed by atoms with E-state index < -0.39 is 28.3 Å². The van der Waals surface area contributed by atoms with Crippen LogP contribution in [0.15, 0.2) is 24.3 Å². The van der Waals surface area contributed by atoms with Crippen molar-refractivity contribution in [1.82, 2.24) is 9.78 Å². The summed E-state index contributed by atoms with van der Waals surface area (Å²) in [6, 6.07) is 5.96. The largest absolute Gasteiger partial charge is 0.452 e. The first-order valence-electron chi connectivity index (χ1n) is 9.39. The van der Waals surface area contributed by atoms with Gasteiger partial charge in [-0.2, -0.15) is 10.4 Å². The highest BCUT2D eigenvalue weighted by Crippen LogP contribution is 2.30. The third kappa shape index (κ3) is 5.68. The van der Waals surface area contributed by atoms with Crippen LogP contribution in [0.2, 0.25) is 10.2 Å². The molecule has 1 N–H and O–H groups in total. The van der Waals surface area contributed by atoms with Crippen LogP contribution in [0.4, 0.5) is 5.69 Å². The number of carbonyl (C=O) groups excluding carboxylic acids is 2. The van der Waals surface area contributed by atoms with E-state index >= 15 is 0 Å². The van der Waals surface area contributed by atoms with E-state index in [0.29, 0.717) is 22.7 Å². The van der Waals surface area contributed by atoms with Crippen molar-refractivity contribution < 1.29 is 22.7 Å². The molecule has 168 valence electrons. The van der Waals surface area contributed by atoms with Crippen LogP contribution in [0.3, 0.4) is 0 Å². The number of benzene rings is 1. The van der Waals surface area contributed by atoms with Gasteiger partial charge in [-0.3, -0.25) is 4.79 Å². The van der Waals surface area contributed by atoms with E-state index in [0.717, 1.165) is 6.08 Å². The Hall–Kier alpha value is -2.87. The molecule has 3 rings (SSSR count). The fourth-order valence-corrected chi connectivity index (χ4v) is 5.41. The molecule has 0 aliphatic carbocycles. The van der Waals surface area contributed by atoms with E-state index in [-0.39, 0.29) is 34.0 Å². The molecule has 1 saturated heterocycles. The highest BCUT2D eigenvalue weighted by molar-refractivity contribution is 7.91. The maximum atomic E-state index is 12.0. The molecule has 1 aromatic heterocycles. The number of nitriles is 1. The number of nitrogens with one attached hydrogen (secondary N) is 1. The van der Waals surface area contributed by atoms with Crippen LogP contribution in [-0.2, 0) is 24.2 Å². The Bertz CT molecular complexity index is 1250. The van der Waals surface area contributed by atoms with Crippen molar-refractivity contribution in [2.45, 2.75) is 19.4 Å². The molecule has 1 aliphatic rings. The van der Waals surface area contributed by atoms with Gasteiger partial charge in [-0.05, 0) is 37.6 Å². The predicted molar refractivity (Wildman–Crippen MR) is 119 cm³/mol. The van der Waals surface area contributed by atoms with Crippen LogP contribution in [0, 0.1) is 18.3 Å². The molecule has 32 heavy (non-hydrogen) atoms. The predicted octanol–water partition coefficient (Wildman–Crippen LogP) is 2.92. The third-order valence-corrected chi connectivity index (χ3v) is 7.10. The number of carbonyl (C=O) groups is 2. The Labute approximate surface area is 194 Å². The quantitative estimate of drug-likeness (QED) is 0.480. The SMILES string of the molecule is Cc1nn(C2CCS(=O)(=O)C2)c(Cl)c1/C=C/C(=O)OCC(=O)Nc1cc(Cl)ccc1C#N. The molecule has 9 nitrogen and oxygen atoms in total. The first kappa shape index (κ1) is 23.8. The Morgan fingerprint density at radius 1 is 1.41 bits per heavy atom. The lowest BCUT2D eigenvalue weighted by Gasteiger charge is -2.09. The highest BCUT2D eigenvalue weighted by Gasteiger charge is 2.31. The number of hydrogen-bond donors (Lipinski definition) is 1. The van der Waals surface area contributed by atoms with Crippen LogP contribution in [-0.4, -0.2) is 48.2 Å². The number of halogens is 2. The zero-order valence-corrected chi connectivity index (χ0v) is 19.2. The summed E-state index contributed by atoms with van der Waals surface area (Å²) in [7, 11) is -3.11. The second-order valence-electron chi connectivity index (χ2n) is 7.08. The normalized spacial score (nSPS) is 17.2. The van der Waals surface area contributed by atoms with Gasteiger partial charge in [0.2, 0.25) is 0 Å². The van der Waals surface area contributed by atoms with E-state index in [9.17, 15) is 18.0 Å². The zero-order valence-electron chi connectivity index (χ0n) is 16.8. The van der Waals surface area contributed by atoms with Crippen molar-refractivity contribution in [1.29, 1.82) is 5.26 Å². The molecule has 0 radical (unpaired) electrons. The Morgan fingerprint density at radius 3 is 2.81 bits per heavy atom. The topological polar surface area (TPSA) is 131 Å². The van der Waals surface area contributed by atoms with Crippen molar-refractivity contribution in [3.8, 4) is 6.07 Å². The average Bonchev–Trinajstić information content (AvgIpc) is 3.23. The highest BCUT2D eigenvalue weighted by atomic mass is 35.5. The summed E-state index contributed by atoms with van der Waals surface area (Å²) in [5.74, 6) is -1.39. The number of nitrogens with zero attached hydrogens (tertiary/aromatic N) is 3. The molecule has 1 amide bonds. The smallest absolute Gasteiger partial charge is 0.331 e. The molecule has 1 atom stereocenters. The molecule has 0 spiro atoms. The van der Waals surface area contributed by atoms with Crippen LogP contribution >= 0.6 is 23.2 Å². The molecule has 1 fully saturated rings. The number of rotatable bonds is 6. The Kier molecular flexibility index (Phi) is 7.23. The van der Waals surface area contributed by atoms with Gasteiger partial charge in [0.15, 0.2) is 16.4 Å². The van der Waals surface area contributed by atoms with E-state index in [4.69, 9.17) is 33.2 Å². The molecule has 2 aromatic rings. The van der Waals surface area contributed by atoms with Gasteiger partial charge in [0.05, 0.1) is 34.5 Å². The molecule has 1 unspecified atom stereocenters. The zero-order chi connectivity index (χ0) is 23.5. The van der Waals surface area contributed by atoms with Crippen LogP contribution < -0.4 is 5.32 Å². The number of anilines is 1. The monoisotopic (exact) mass is 496 g/mol. The van der Waals surface area contributed by atoms with Gasteiger partial charge >= 0.3 is 5.97 Å². The van der Waals surface area contributed by atoms with Crippen molar-refractivity contribution in [3.05, 3.63) is 51.3 Å². The van der Waals surface area contributed by atoms with E-state index in [2.05, 4.69) is 10.4 Å². The van der Waals surface area contributed by atoms with E-state index in [1.165, 1.54) is 29.0 Å². The molecule has 12 heteroatoms. The van der Waals surface area contributed by atoms with Gasteiger partial charge in [0.1, 0.15) is 11.2 Å². The number of esters is 1. The third-order valence-electron chi connectivity index (χ3n) is 4.73. The average molecular weight is 497 g/mol. The fourth-order valence-electron chi connectivity index (χ4n) is 3.17. The molecular weight excluding hydrogens is 479 g/mol. The standard InChI is InChI=1S/C20H18Cl2N4O5S/c1-12-16(20(22)26(25-12)15-6-7-32(29,30)11-15)4-5-19(28)31-10-18(27)24-17-8-14(21)3-2-13(17)9-23/h2-5,8,15H,6-7,10-11H2,1H3,(H,24,27)/b5-4+. The first-order chi connectivity index (χ1) is 15.1. The summed E-state index contributed by atoms with van der Waals surface area (Å²) >= 11 is 12.2. The molecule has 1 aliphatic heterocycles. The molecule has 0 bridgehead atoms. The minimum atomic E-state index is -3.11. The second-order valence-corrected chi connectivity index (χ2v) is 10.1. The summed E-state index contributed by atoms with van der Waals surface area (Å²) < 4.78 is 29.8. The van der Waals surface area contributed by atoms with Gasteiger partial charge in [0.25, 0.3) is 5.91 Å². The molecule has 2 heterocycles. The number of aryl methyl sites for hydroxylation is 1. The minimum absolute atomic E-state index is 0.0334. The van der Waals surface area contributed by atoms with Gasteiger partial charge in [-0.15, -0.1) is 0 Å². The number of aromatic nitrogens is 2. The number of hydrogen-bond acceptors (Lipinski definition) is 7. The van der Waals surface area contributed by atoms with Gasteiger partial charge in [-0.1, -0.05) is 23.2 Å². The lowest BCUT2D eigenvalue weighted by Crippen LogP contribution is -2.20. The maximum absolute atomic E-state index is 12.0. The van der Waals surface area contributed by atoms with Crippen molar-refractivity contribution in [2.75, 3.05) is 23.4 Å². The lowest BCUT2D eigenvalue weighted by molar-refractivity contribution is -0.142. The first-order valence-corrected chi connectivity index (χ1v) is 12.0. The fraction of sp³-hybridized carbons (Fsp3) is 0.300. The Morgan fingerprint density at radius 2 is 2.16 bits per heavy atom. The summed E-state index contributed by atoms with van der Waals surface area (Å²) in [4.78, 5) is 24.0.